The molecular formula is C36H35N5O8. The van der Waals surface area contributed by atoms with E-state index in [1.165, 1.54) is 34.2 Å². The third kappa shape index (κ3) is 4.74. The van der Waals surface area contributed by atoms with Gasteiger partial charge in [-0.15, -0.1) is 0 Å². The Morgan fingerprint density at radius 2 is 1.61 bits per heavy atom. The number of aryl methyl sites for hydroxylation is 4. The van der Waals surface area contributed by atoms with Gasteiger partial charge in [-0.2, -0.15) is 0 Å². The van der Waals surface area contributed by atoms with Gasteiger partial charge in [0.1, 0.15) is 11.4 Å². The van der Waals surface area contributed by atoms with Crippen molar-refractivity contribution in [3.8, 4) is 17.2 Å². The van der Waals surface area contributed by atoms with Gasteiger partial charge in [0.25, 0.3) is 5.56 Å². The van der Waals surface area contributed by atoms with E-state index in [9.17, 15) is 29.1 Å². The summed E-state index contributed by atoms with van der Waals surface area (Å²) in [6, 6.07) is 6.20. The number of hydrogen-bond acceptors (Lipinski definition) is 9. The van der Waals surface area contributed by atoms with E-state index in [4.69, 9.17) is 9.47 Å². The van der Waals surface area contributed by atoms with Crippen LogP contribution in [0, 0.1) is 13.8 Å². The minimum absolute atomic E-state index is 0.00202. The van der Waals surface area contributed by atoms with Crippen molar-refractivity contribution in [3.63, 3.8) is 0 Å². The zero-order chi connectivity index (χ0) is 35.0. The number of allylic oxidation sites excluding steroid dienone is 6. The normalized spacial score (nSPS) is 18.6. The molecular weight excluding hydrogens is 630 g/mol. The second kappa shape index (κ2) is 11.5. The molecule has 13 heteroatoms. The molecule has 2 aliphatic carbocycles. The number of aromatic nitrogens is 5. The van der Waals surface area contributed by atoms with Crippen molar-refractivity contribution < 1.29 is 24.2 Å². The highest BCUT2D eigenvalue weighted by atomic mass is 16.5. The van der Waals surface area contributed by atoms with Crippen LogP contribution in [-0.2, 0) is 36.1 Å². The first kappa shape index (κ1) is 31.9. The molecule has 1 aliphatic heterocycles. The first-order valence-corrected chi connectivity index (χ1v) is 15.9. The Kier molecular flexibility index (Phi) is 7.45. The lowest BCUT2D eigenvalue weighted by molar-refractivity contribution is -0.116. The quantitative estimate of drug-likeness (QED) is 0.242. The number of ether oxygens (including phenoxy) is 2. The second-order valence-corrected chi connectivity index (χ2v) is 12.8. The summed E-state index contributed by atoms with van der Waals surface area (Å²) in [5.41, 5.74) is 3.31. The Balaban J connectivity index is 1.30. The van der Waals surface area contributed by atoms with Crippen molar-refractivity contribution in [2.75, 3.05) is 14.2 Å². The van der Waals surface area contributed by atoms with E-state index in [2.05, 4.69) is 4.98 Å². The highest BCUT2D eigenvalue weighted by Gasteiger charge is 2.45. The summed E-state index contributed by atoms with van der Waals surface area (Å²) in [6.07, 6.45) is 3.27. The predicted molar refractivity (Wildman–Crippen MR) is 180 cm³/mol. The summed E-state index contributed by atoms with van der Waals surface area (Å²) in [7, 11) is 4.61. The van der Waals surface area contributed by atoms with Gasteiger partial charge in [-0.05, 0) is 49.1 Å². The zero-order valence-electron chi connectivity index (χ0n) is 28.0. The number of carbonyl (C=O) groups is 2. The molecule has 0 radical (unpaired) electrons. The van der Waals surface area contributed by atoms with Gasteiger partial charge in [-0.3, -0.25) is 14.4 Å². The molecule has 252 valence electrons. The van der Waals surface area contributed by atoms with Crippen LogP contribution < -0.4 is 26.4 Å². The molecule has 2 aromatic heterocycles. The Labute approximate surface area is 279 Å². The summed E-state index contributed by atoms with van der Waals surface area (Å²) < 4.78 is 16.0. The number of methoxy groups -OCH3 is 2. The van der Waals surface area contributed by atoms with Crippen LogP contribution in [-0.4, -0.2) is 54.4 Å². The molecule has 4 aromatic rings. The summed E-state index contributed by atoms with van der Waals surface area (Å²) >= 11 is 0. The number of aromatic hydroxyl groups is 1. The van der Waals surface area contributed by atoms with Gasteiger partial charge in [-0.25, -0.2) is 28.5 Å². The summed E-state index contributed by atoms with van der Waals surface area (Å²) in [5.74, 6) is -0.178. The first-order valence-electron chi connectivity index (χ1n) is 15.9. The number of hydrogen-bond donors (Lipinski definition) is 1. The van der Waals surface area contributed by atoms with Crippen molar-refractivity contribution in [3.05, 3.63) is 112 Å². The van der Waals surface area contributed by atoms with Crippen LogP contribution in [0.5, 0.6) is 17.2 Å². The maximum absolute atomic E-state index is 14.1. The van der Waals surface area contributed by atoms with Crippen LogP contribution in [0.4, 0.5) is 0 Å². The molecule has 13 nitrogen and oxygen atoms in total. The fourth-order valence-corrected chi connectivity index (χ4v) is 7.52. The number of phenols is 1. The number of fused-ring (bicyclic) bond motifs is 4. The molecule has 0 amide bonds. The Morgan fingerprint density at radius 3 is 2.29 bits per heavy atom. The van der Waals surface area contributed by atoms with Gasteiger partial charge >= 0.3 is 11.4 Å². The first-order chi connectivity index (χ1) is 23.4. The van der Waals surface area contributed by atoms with Crippen molar-refractivity contribution in [2.24, 2.45) is 7.05 Å². The Morgan fingerprint density at radius 1 is 0.939 bits per heavy atom. The van der Waals surface area contributed by atoms with Crippen molar-refractivity contribution in [2.45, 2.75) is 58.7 Å². The van der Waals surface area contributed by atoms with E-state index < -0.39 is 23.3 Å². The van der Waals surface area contributed by atoms with Crippen LogP contribution in [0.3, 0.4) is 0 Å². The largest absolute Gasteiger partial charge is 0.507 e. The molecule has 0 fully saturated rings. The molecule has 2 atom stereocenters. The summed E-state index contributed by atoms with van der Waals surface area (Å²) in [5, 5.41) is 10.5. The number of nitrogens with zero attached hydrogens (tertiary/aromatic N) is 5. The molecule has 49 heavy (non-hydrogen) atoms. The SMILES string of the molecule is COc1cc2nc(CCn3c(=O)n4n(c3=O)C3CC5=C(C(=O)C=C(C)C5=O)C(c5cc(C)c(O)c(C)c5)C3=CC4)c(=O)n(C)c2cc1OC. The number of Topliss-reactive ketones (excluding diaryl/α,β-unsaturated/α-hetero) is 1. The Bertz CT molecular complexity index is 2410. The van der Waals surface area contributed by atoms with E-state index in [0.29, 0.717) is 55.9 Å². The molecule has 0 saturated carbocycles. The predicted octanol–water partition coefficient (Wildman–Crippen LogP) is 2.70. The van der Waals surface area contributed by atoms with Crippen LogP contribution in [0.15, 0.2) is 73.1 Å². The molecule has 2 aromatic carbocycles. The standard InChI is InChI=1S/C36H35N5O8/c1-17-11-20(12-18(2)32(17)43)30-21-7-10-40-35(46)39(36(47)41(40)25(21)14-22-31(30)27(42)13-19(3)33(22)44)9-8-23-34(45)38(4)26-16-29(49-6)28(48-5)15-24(26)37-23/h7,11-13,15-16,25,30,43H,8-10,14H2,1-6H3. The fraction of sp³-hybridized carbons (Fsp3) is 0.333. The number of carbonyl (C=O) groups excluding carboxylic acids is 2. The average molecular weight is 666 g/mol. The van der Waals surface area contributed by atoms with E-state index in [1.54, 1.807) is 52.1 Å². The molecule has 7 rings (SSSR count). The highest BCUT2D eigenvalue weighted by Crippen LogP contribution is 2.50. The van der Waals surface area contributed by atoms with Gasteiger partial charge in [0, 0.05) is 61.2 Å². The third-order valence-corrected chi connectivity index (χ3v) is 9.98. The van der Waals surface area contributed by atoms with Crippen molar-refractivity contribution in [1.29, 1.82) is 0 Å². The van der Waals surface area contributed by atoms with Crippen LogP contribution in [0.1, 0.15) is 47.7 Å². The number of ketones is 2. The van der Waals surface area contributed by atoms with E-state index in [1.807, 2.05) is 6.08 Å². The average Bonchev–Trinajstić information content (AvgIpc) is 3.33. The molecule has 2 unspecified atom stereocenters. The maximum Gasteiger partial charge on any atom is 0.347 e. The Hall–Kier alpha value is -5.72. The maximum atomic E-state index is 14.1. The van der Waals surface area contributed by atoms with Crippen LogP contribution >= 0.6 is 0 Å². The molecule has 3 aliphatic rings. The fourth-order valence-electron chi connectivity index (χ4n) is 7.52. The second-order valence-electron chi connectivity index (χ2n) is 12.8. The zero-order valence-corrected chi connectivity index (χ0v) is 28.0. The number of phenolic OH excluding ortho intramolecular Hbond substituents is 1. The summed E-state index contributed by atoms with van der Waals surface area (Å²) in [6.45, 7) is 5.08. The van der Waals surface area contributed by atoms with Crippen LogP contribution in [0.2, 0.25) is 0 Å². The molecule has 3 heterocycles. The lowest BCUT2D eigenvalue weighted by Gasteiger charge is -2.39. The minimum Gasteiger partial charge on any atom is -0.507 e. The summed E-state index contributed by atoms with van der Waals surface area (Å²) in [4.78, 5) is 72.9. The lowest BCUT2D eigenvalue weighted by Crippen LogP contribution is -2.40. The van der Waals surface area contributed by atoms with E-state index >= 15 is 0 Å². The number of benzene rings is 2. The third-order valence-electron chi connectivity index (χ3n) is 9.98. The van der Waals surface area contributed by atoms with Gasteiger partial charge < -0.3 is 19.1 Å². The van der Waals surface area contributed by atoms with Crippen molar-refractivity contribution in [1.82, 2.24) is 23.5 Å². The lowest BCUT2D eigenvalue weighted by atomic mass is 9.67. The molecule has 0 spiro atoms. The molecule has 0 bridgehead atoms. The number of rotatable bonds is 6. The van der Waals surface area contributed by atoms with E-state index in [0.717, 1.165) is 10.1 Å². The topological polar surface area (TPSA) is 157 Å². The van der Waals surface area contributed by atoms with Gasteiger partial charge in [0.05, 0.1) is 37.8 Å². The monoisotopic (exact) mass is 665 g/mol. The van der Waals surface area contributed by atoms with E-state index in [-0.39, 0.29) is 54.5 Å². The molecule has 0 saturated heterocycles. The smallest absolute Gasteiger partial charge is 0.347 e. The molecule has 1 N–H and O–H groups in total. The van der Waals surface area contributed by atoms with Crippen LogP contribution in [0.25, 0.3) is 11.0 Å². The highest BCUT2D eigenvalue weighted by molar-refractivity contribution is 6.23. The minimum atomic E-state index is -0.717. The van der Waals surface area contributed by atoms with Gasteiger partial charge in [-0.1, -0.05) is 18.2 Å². The van der Waals surface area contributed by atoms with Crippen molar-refractivity contribution >= 4 is 22.6 Å². The van der Waals surface area contributed by atoms with Gasteiger partial charge in [0.15, 0.2) is 23.1 Å². The van der Waals surface area contributed by atoms with Gasteiger partial charge in [0.2, 0.25) is 0 Å².